The third kappa shape index (κ3) is 2.80. The standard InChI is InChI=1S/C12H21N3S/c1-9(2)15-5-3-11(14-15)7-12(13)10-4-6-16-8-10/h3,5,9-10,12H,4,6-8,13H2,1-2H3. The number of thioether (sulfide) groups is 1. The Balaban J connectivity index is 1.92. The highest BCUT2D eigenvalue weighted by atomic mass is 32.2. The maximum Gasteiger partial charge on any atom is 0.0640 e. The molecule has 0 spiro atoms. The van der Waals surface area contributed by atoms with Gasteiger partial charge in [-0.25, -0.2) is 0 Å². The zero-order valence-corrected chi connectivity index (χ0v) is 10.9. The van der Waals surface area contributed by atoms with Crippen LogP contribution in [0.15, 0.2) is 12.3 Å². The first kappa shape index (κ1) is 12.0. The van der Waals surface area contributed by atoms with Crippen molar-refractivity contribution in [1.29, 1.82) is 0 Å². The molecule has 0 bridgehead atoms. The van der Waals surface area contributed by atoms with Crippen LogP contribution in [-0.2, 0) is 6.42 Å². The number of hydrogen-bond donors (Lipinski definition) is 1. The molecule has 0 radical (unpaired) electrons. The van der Waals surface area contributed by atoms with Crippen LogP contribution in [0.4, 0.5) is 0 Å². The Morgan fingerprint density at radius 2 is 2.44 bits per heavy atom. The number of hydrogen-bond acceptors (Lipinski definition) is 3. The molecule has 0 saturated carbocycles. The van der Waals surface area contributed by atoms with Gasteiger partial charge < -0.3 is 5.73 Å². The molecule has 2 rings (SSSR count). The van der Waals surface area contributed by atoms with E-state index in [2.05, 4.69) is 31.2 Å². The molecule has 2 heterocycles. The molecule has 0 aliphatic carbocycles. The average Bonchev–Trinajstić information content (AvgIpc) is 2.87. The molecular weight excluding hydrogens is 218 g/mol. The number of rotatable bonds is 4. The van der Waals surface area contributed by atoms with Crippen molar-refractivity contribution in [3.63, 3.8) is 0 Å². The van der Waals surface area contributed by atoms with Crippen LogP contribution in [0.2, 0.25) is 0 Å². The molecular formula is C12H21N3S. The zero-order chi connectivity index (χ0) is 11.5. The maximum absolute atomic E-state index is 6.23. The molecule has 1 aliphatic rings. The van der Waals surface area contributed by atoms with Crippen LogP contribution in [0.5, 0.6) is 0 Å². The van der Waals surface area contributed by atoms with Gasteiger partial charge in [0.25, 0.3) is 0 Å². The quantitative estimate of drug-likeness (QED) is 0.875. The van der Waals surface area contributed by atoms with Gasteiger partial charge in [0.15, 0.2) is 0 Å². The summed E-state index contributed by atoms with van der Waals surface area (Å²) in [6.45, 7) is 4.29. The molecule has 2 N–H and O–H groups in total. The molecule has 1 aromatic heterocycles. The van der Waals surface area contributed by atoms with Gasteiger partial charge in [-0.15, -0.1) is 0 Å². The highest BCUT2D eigenvalue weighted by Gasteiger charge is 2.23. The minimum absolute atomic E-state index is 0.283. The smallest absolute Gasteiger partial charge is 0.0640 e. The topological polar surface area (TPSA) is 43.8 Å². The summed E-state index contributed by atoms with van der Waals surface area (Å²) in [5, 5.41) is 4.55. The lowest BCUT2D eigenvalue weighted by Crippen LogP contribution is -2.32. The van der Waals surface area contributed by atoms with Crippen LogP contribution in [-0.4, -0.2) is 27.3 Å². The minimum atomic E-state index is 0.283. The summed E-state index contributed by atoms with van der Waals surface area (Å²) in [6.07, 6.45) is 4.25. The SMILES string of the molecule is CC(C)n1ccc(CC(N)C2CCSC2)n1. The lowest BCUT2D eigenvalue weighted by Gasteiger charge is -2.16. The van der Waals surface area contributed by atoms with E-state index in [1.807, 2.05) is 16.4 Å². The molecule has 0 aromatic carbocycles. The second-order valence-electron chi connectivity index (χ2n) is 4.87. The van der Waals surface area contributed by atoms with Crippen molar-refractivity contribution in [3.8, 4) is 0 Å². The normalized spacial score (nSPS) is 22.9. The summed E-state index contributed by atoms with van der Waals surface area (Å²) in [7, 11) is 0. The van der Waals surface area contributed by atoms with Gasteiger partial charge in [-0.2, -0.15) is 16.9 Å². The molecule has 3 nitrogen and oxygen atoms in total. The second-order valence-corrected chi connectivity index (χ2v) is 6.02. The lowest BCUT2D eigenvalue weighted by molar-refractivity contribution is 0.452. The molecule has 4 heteroatoms. The Hall–Kier alpha value is -0.480. The van der Waals surface area contributed by atoms with Gasteiger partial charge in [-0.1, -0.05) is 0 Å². The largest absolute Gasteiger partial charge is 0.327 e. The number of aromatic nitrogens is 2. The lowest BCUT2D eigenvalue weighted by atomic mass is 9.96. The summed E-state index contributed by atoms with van der Waals surface area (Å²) in [5.41, 5.74) is 7.37. The summed E-state index contributed by atoms with van der Waals surface area (Å²) in [4.78, 5) is 0. The first-order chi connectivity index (χ1) is 7.66. The number of nitrogens with two attached hydrogens (primary N) is 1. The van der Waals surface area contributed by atoms with Gasteiger partial charge in [0, 0.05) is 24.7 Å². The van der Waals surface area contributed by atoms with Gasteiger partial charge in [-0.3, -0.25) is 4.68 Å². The highest BCUT2D eigenvalue weighted by molar-refractivity contribution is 7.99. The fourth-order valence-electron chi connectivity index (χ4n) is 2.07. The van der Waals surface area contributed by atoms with Crippen LogP contribution in [0.3, 0.4) is 0 Å². The third-order valence-electron chi connectivity index (χ3n) is 3.21. The van der Waals surface area contributed by atoms with Gasteiger partial charge in [-0.05, 0) is 43.8 Å². The minimum Gasteiger partial charge on any atom is -0.327 e. The Labute approximate surface area is 102 Å². The Morgan fingerprint density at radius 3 is 3.00 bits per heavy atom. The van der Waals surface area contributed by atoms with Crippen molar-refractivity contribution >= 4 is 11.8 Å². The van der Waals surface area contributed by atoms with Crippen molar-refractivity contribution in [1.82, 2.24) is 9.78 Å². The van der Waals surface area contributed by atoms with Gasteiger partial charge >= 0.3 is 0 Å². The van der Waals surface area contributed by atoms with Gasteiger partial charge in [0.1, 0.15) is 0 Å². The molecule has 2 atom stereocenters. The van der Waals surface area contributed by atoms with E-state index in [9.17, 15) is 0 Å². The molecule has 16 heavy (non-hydrogen) atoms. The molecule has 2 unspecified atom stereocenters. The first-order valence-electron chi connectivity index (χ1n) is 6.04. The zero-order valence-electron chi connectivity index (χ0n) is 10.1. The summed E-state index contributed by atoms with van der Waals surface area (Å²) in [5.74, 6) is 3.19. The van der Waals surface area contributed by atoms with E-state index >= 15 is 0 Å². The molecule has 1 aromatic rings. The van der Waals surface area contributed by atoms with Crippen molar-refractivity contribution < 1.29 is 0 Å². The average molecular weight is 239 g/mol. The summed E-state index contributed by atoms with van der Waals surface area (Å²) in [6, 6.07) is 2.82. The van der Waals surface area contributed by atoms with E-state index < -0.39 is 0 Å². The van der Waals surface area contributed by atoms with E-state index in [1.165, 1.54) is 17.9 Å². The van der Waals surface area contributed by atoms with Crippen molar-refractivity contribution in [2.45, 2.75) is 38.8 Å². The predicted octanol–water partition coefficient (Wildman–Crippen LogP) is 2.09. The van der Waals surface area contributed by atoms with Gasteiger partial charge in [0.2, 0.25) is 0 Å². The van der Waals surface area contributed by atoms with Crippen LogP contribution >= 0.6 is 11.8 Å². The molecule has 1 aliphatic heterocycles. The van der Waals surface area contributed by atoms with E-state index in [-0.39, 0.29) is 6.04 Å². The highest BCUT2D eigenvalue weighted by Crippen LogP contribution is 2.26. The number of nitrogens with zero attached hydrogens (tertiary/aromatic N) is 2. The van der Waals surface area contributed by atoms with Crippen LogP contribution < -0.4 is 5.73 Å². The Morgan fingerprint density at radius 1 is 1.62 bits per heavy atom. The van der Waals surface area contributed by atoms with Crippen molar-refractivity contribution in [3.05, 3.63) is 18.0 Å². The fraction of sp³-hybridized carbons (Fsp3) is 0.750. The van der Waals surface area contributed by atoms with Crippen LogP contribution in [0.25, 0.3) is 0 Å². The Bertz CT molecular complexity index is 329. The van der Waals surface area contributed by atoms with Crippen LogP contribution in [0.1, 0.15) is 32.0 Å². The van der Waals surface area contributed by atoms with Crippen LogP contribution in [0, 0.1) is 5.92 Å². The first-order valence-corrected chi connectivity index (χ1v) is 7.19. The molecule has 0 amide bonds. The van der Waals surface area contributed by atoms with Gasteiger partial charge in [0.05, 0.1) is 5.69 Å². The maximum atomic E-state index is 6.23. The Kier molecular flexibility index (Phi) is 3.92. The second kappa shape index (κ2) is 5.23. The third-order valence-corrected chi connectivity index (χ3v) is 4.40. The van der Waals surface area contributed by atoms with E-state index in [4.69, 9.17) is 5.73 Å². The molecule has 1 fully saturated rings. The van der Waals surface area contributed by atoms with E-state index in [1.54, 1.807) is 0 Å². The molecule has 90 valence electrons. The van der Waals surface area contributed by atoms with E-state index in [0.717, 1.165) is 12.1 Å². The van der Waals surface area contributed by atoms with Crippen molar-refractivity contribution in [2.24, 2.45) is 11.7 Å². The monoisotopic (exact) mass is 239 g/mol. The molecule has 1 saturated heterocycles. The van der Waals surface area contributed by atoms with E-state index in [0.29, 0.717) is 12.0 Å². The fourth-order valence-corrected chi connectivity index (χ4v) is 3.43. The van der Waals surface area contributed by atoms with Crippen molar-refractivity contribution in [2.75, 3.05) is 11.5 Å². The summed E-state index contributed by atoms with van der Waals surface area (Å²) >= 11 is 2.03. The summed E-state index contributed by atoms with van der Waals surface area (Å²) < 4.78 is 2.01. The predicted molar refractivity (Wildman–Crippen MR) is 69.7 cm³/mol.